The molecule has 3 aromatic heterocycles. The molecule has 0 amide bonds. The average Bonchev–Trinajstić information content (AvgIpc) is 4.08. The smallest absolute Gasteiger partial charge is 0.135 e. The minimum atomic E-state index is 0.903. The van der Waals surface area contributed by atoms with E-state index in [1.54, 1.807) is 0 Å². The number of aromatic nitrogens is 2. The third-order valence-corrected chi connectivity index (χ3v) is 14.1. The number of fused-ring (bicyclic) bond motifs is 9. The Hall–Kier alpha value is -9.38. The number of furan rings is 1. The fraction of sp³-hybridized carbons (Fsp3) is 0. The van der Waals surface area contributed by atoms with Gasteiger partial charge in [-0.15, -0.1) is 0 Å². The van der Waals surface area contributed by atoms with Crippen molar-refractivity contribution in [1.29, 1.82) is 0 Å². The van der Waals surface area contributed by atoms with Crippen LogP contribution >= 0.6 is 0 Å². The van der Waals surface area contributed by atoms with Crippen molar-refractivity contribution >= 4 is 82.6 Å². The molecule has 0 fully saturated rings. The van der Waals surface area contributed by atoms with Crippen LogP contribution in [-0.2, 0) is 0 Å². The van der Waals surface area contributed by atoms with Crippen LogP contribution in [0.25, 0.3) is 110 Å². The van der Waals surface area contributed by atoms with Crippen molar-refractivity contribution in [3.05, 3.63) is 261 Å². The molecule has 328 valence electrons. The third-order valence-electron chi connectivity index (χ3n) is 14.1. The van der Waals surface area contributed by atoms with Crippen molar-refractivity contribution in [2.75, 3.05) is 4.90 Å². The fourth-order valence-electron chi connectivity index (χ4n) is 10.8. The van der Waals surface area contributed by atoms with Gasteiger partial charge >= 0.3 is 0 Å². The van der Waals surface area contributed by atoms with Crippen LogP contribution in [-0.4, -0.2) is 9.13 Å². The Balaban J connectivity index is 0.909. The van der Waals surface area contributed by atoms with Gasteiger partial charge in [-0.3, -0.25) is 0 Å². The first-order valence-corrected chi connectivity index (χ1v) is 23.9. The van der Waals surface area contributed by atoms with Gasteiger partial charge in [-0.2, -0.15) is 0 Å². The van der Waals surface area contributed by atoms with E-state index in [0.717, 1.165) is 55.9 Å². The Bertz CT molecular complexity index is 4220. The number of nitrogens with zero attached hydrogens (tertiary/aromatic N) is 3. The molecule has 0 radical (unpaired) electrons. The summed E-state index contributed by atoms with van der Waals surface area (Å²) in [6.07, 6.45) is 0. The maximum atomic E-state index is 6.21. The maximum absolute atomic E-state index is 6.21. The molecular formula is C66H43N3O. The molecule has 0 saturated heterocycles. The molecule has 0 saturated carbocycles. The van der Waals surface area contributed by atoms with Crippen molar-refractivity contribution in [1.82, 2.24) is 9.13 Å². The number of rotatable bonds is 8. The van der Waals surface area contributed by atoms with Gasteiger partial charge in [0.25, 0.3) is 0 Å². The molecule has 0 atom stereocenters. The molecule has 0 aliphatic carbocycles. The zero-order chi connectivity index (χ0) is 46.1. The van der Waals surface area contributed by atoms with E-state index in [-0.39, 0.29) is 0 Å². The van der Waals surface area contributed by atoms with Crippen LogP contribution in [0.3, 0.4) is 0 Å². The summed E-state index contributed by atoms with van der Waals surface area (Å²) in [6, 6.07) is 94.2. The highest BCUT2D eigenvalue weighted by atomic mass is 16.3. The topological polar surface area (TPSA) is 26.2 Å². The van der Waals surface area contributed by atoms with Crippen molar-refractivity contribution < 1.29 is 4.42 Å². The number of benzene rings is 11. The van der Waals surface area contributed by atoms with Crippen LogP contribution in [0.15, 0.2) is 265 Å². The SMILES string of the molecule is c1ccc(N(c2ccccc2)c2ccc(-c3ccc4c(c3)c3cc(-c5ccc6c(c5)c5cc(-c7ccc8oc9ccccc9c8c7)ccc5n6-c5ccccc5)ccc3n4-c3ccccc3)cc2)cc1. The largest absolute Gasteiger partial charge is 0.456 e. The summed E-state index contributed by atoms with van der Waals surface area (Å²) >= 11 is 0. The predicted octanol–water partition coefficient (Wildman–Crippen LogP) is 18.3. The highest BCUT2D eigenvalue weighted by Crippen LogP contribution is 2.42. The highest BCUT2D eigenvalue weighted by Gasteiger charge is 2.19. The number of hydrogen-bond acceptors (Lipinski definition) is 2. The Morgan fingerprint density at radius 1 is 0.243 bits per heavy atom. The molecule has 14 rings (SSSR count). The second kappa shape index (κ2) is 16.2. The molecule has 3 heterocycles. The second-order valence-electron chi connectivity index (χ2n) is 18.1. The van der Waals surface area contributed by atoms with Gasteiger partial charge in [0.1, 0.15) is 11.2 Å². The van der Waals surface area contributed by atoms with Crippen LogP contribution < -0.4 is 4.90 Å². The lowest BCUT2D eigenvalue weighted by Crippen LogP contribution is -2.09. The summed E-state index contributed by atoms with van der Waals surface area (Å²) in [5, 5.41) is 7.11. The lowest BCUT2D eigenvalue weighted by Gasteiger charge is -2.25. The summed E-state index contributed by atoms with van der Waals surface area (Å²) in [5.74, 6) is 0. The van der Waals surface area contributed by atoms with Crippen LogP contribution in [0.2, 0.25) is 0 Å². The third kappa shape index (κ3) is 6.53. The molecule has 4 nitrogen and oxygen atoms in total. The summed E-state index contributed by atoms with van der Waals surface area (Å²) in [7, 11) is 0. The lowest BCUT2D eigenvalue weighted by atomic mass is 9.98. The van der Waals surface area contributed by atoms with E-state index in [4.69, 9.17) is 4.42 Å². The predicted molar refractivity (Wildman–Crippen MR) is 293 cm³/mol. The van der Waals surface area contributed by atoms with Crippen molar-refractivity contribution in [3.8, 4) is 44.8 Å². The number of hydrogen-bond donors (Lipinski definition) is 0. The second-order valence-corrected chi connectivity index (χ2v) is 18.1. The van der Waals surface area contributed by atoms with Gasteiger partial charge in [0.05, 0.1) is 22.1 Å². The molecule has 4 heteroatoms. The van der Waals surface area contributed by atoms with Crippen molar-refractivity contribution in [3.63, 3.8) is 0 Å². The van der Waals surface area contributed by atoms with E-state index in [9.17, 15) is 0 Å². The molecule has 14 aromatic rings. The van der Waals surface area contributed by atoms with Crippen LogP contribution in [0.1, 0.15) is 0 Å². The van der Waals surface area contributed by atoms with E-state index in [2.05, 4.69) is 263 Å². The molecule has 70 heavy (non-hydrogen) atoms. The highest BCUT2D eigenvalue weighted by molar-refractivity contribution is 6.14. The Labute approximate surface area is 404 Å². The molecule has 0 N–H and O–H groups in total. The molecule has 0 bridgehead atoms. The van der Waals surface area contributed by atoms with Crippen LogP contribution in [0.5, 0.6) is 0 Å². The summed E-state index contributed by atoms with van der Waals surface area (Å²) in [4.78, 5) is 2.31. The lowest BCUT2D eigenvalue weighted by molar-refractivity contribution is 0.669. The van der Waals surface area contributed by atoms with E-state index in [1.165, 1.54) is 71.4 Å². The van der Waals surface area contributed by atoms with Gasteiger partial charge < -0.3 is 18.5 Å². The van der Waals surface area contributed by atoms with Crippen LogP contribution in [0.4, 0.5) is 17.1 Å². The summed E-state index contributed by atoms with van der Waals surface area (Å²) in [6.45, 7) is 0. The fourth-order valence-corrected chi connectivity index (χ4v) is 10.8. The van der Waals surface area contributed by atoms with Gasteiger partial charge in [-0.1, -0.05) is 133 Å². The van der Waals surface area contributed by atoms with Crippen LogP contribution in [0, 0.1) is 0 Å². The summed E-state index contributed by atoms with van der Waals surface area (Å²) < 4.78 is 11.0. The van der Waals surface area contributed by atoms with Crippen molar-refractivity contribution in [2.45, 2.75) is 0 Å². The van der Waals surface area contributed by atoms with Gasteiger partial charge in [0, 0.05) is 60.8 Å². The first kappa shape index (κ1) is 39.8. The molecule has 0 aliphatic heterocycles. The Morgan fingerprint density at radius 2 is 0.571 bits per heavy atom. The minimum absolute atomic E-state index is 0.903. The van der Waals surface area contributed by atoms with E-state index in [0.29, 0.717) is 0 Å². The van der Waals surface area contributed by atoms with Crippen molar-refractivity contribution in [2.24, 2.45) is 0 Å². The molecule has 0 aliphatic rings. The first-order valence-electron chi connectivity index (χ1n) is 23.9. The quantitative estimate of drug-likeness (QED) is 0.152. The molecule has 11 aromatic carbocycles. The zero-order valence-electron chi connectivity index (χ0n) is 38.1. The van der Waals surface area contributed by atoms with Gasteiger partial charge in [0.15, 0.2) is 0 Å². The minimum Gasteiger partial charge on any atom is -0.456 e. The zero-order valence-corrected chi connectivity index (χ0v) is 38.1. The molecule has 0 unspecified atom stereocenters. The van der Waals surface area contributed by atoms with Gasteiger partial charge in [-0.05, 0) is 161 Å². The van der Waals surface area contributed by atoms with Gasteiger partial charge in [-0.25, -0.2) is 0 Å². The summed E-state index contributed by atoms with van der Waals surface area (Å²) in [5.41, 5.74) is 19.2. The number of para-hydroxylation sites is 5. The molecular weight excluding hydrogens is 851 g/mol. The van der Waals surface area contributed by atoms with Gasteiger partial charge in [0.2, 0.25) is 0 Å². The average molecular weight is 894 g/mol. The maximum Gasteiger partial charge on any atom is 0.135 e. The Morgan fingerprint density at radius 3 is 1.03 bits per heavy atom. The first-order chi connectivity index (χ1) is 34.7. The standard InChI is InChI=1S/C66H43N3O/c1-5-15-50(16-6-1)67(51-17-7-2-8-18-51)54-32-25-44(26-33-54)45-27-34-61-56(39-45)57-40-46(28-35-62(57)68(61)52-19-9-3-10-20-52)47-29-36-63-58(41-47)59-42-48(30-37-64(59)69(63)53-21-11-4-12-22-53)49-31-38-66-60(43-49)55-23-13-14-24-65(55)70-66/h1-43H. The van der Waals surface area contributed by atoms with E-state index < -0.39 is 0 Å². The normalized spacial score (nSPS) is 11.7. The molecule has 0 spiro atoms. The number of anilines is 3. The van der Waals surface area contributed by atoms with E-state index in [1.807, 2.05) is 12.1 Å². The monoisotopic (exact) mass is 893 g/mol. The van der Waals surface area contributed by atoms with E-state index >= 15 is 0 Å². The Kier molecular flexibility index (Phi) is 9.17.